The van der Waals surface area contributed by atoms with Crippen LogP contribution in [0.4, 0.5) is 5.13 Å². The number of halogens is 1. The zero-order chi connectivity index (χ0) is 16.1. The second-order valence-corrected chi connectivity index (χ2v) is 7.42. The number of hydrogen-bond donors (Lipinski definition) is 1. The Morgan fingerprint density at radius 3 is 2.54 bits per heavy atom. The van der Waals surface area contributed by atoms with Crippen molar-refractivity contribution in [1.82, 2.24) is 9.88 Å². The fourth-order valence-electron chi connectivity index (χ4n) is 3.21. The molecule has 2 aromatic rings. The maximum atomic E-state index is 5.70. The maximum absolute atomic E-state index is 5.70. The number of likely N-dealkylation sites (tertiary alicyclic amines) is 1. The highest BCUT2D eigenvalue weighted by Gasteiger charge is 2.19. The number of rotatable bonds is 6. The number of aromatic nitrogens is 1. The third-order valence-electron chi connectivity index (χ3n) is 4.66. The molecule has 1 fully saturated rings. The van der Waals surface area contributed by atoms with Crippen LogP contribution in [0.25, 0.3) is 0 Å². The Hall–Kier alpha value is -1.30. The minimum Gasteiger partial charge on any atom is -0.497 e. The highest BCUT2D eigenvalue weighted by atomic mass is 35.5. The second kappa shape index (κ2) is 9.25. The third-order valence-corrected chi connectivity index (χ3v) is 5.47. The van der Waals surface area contributed by atoms with Crippen molar-refractivity contribution in [2.24, 2.45) is 5.92 Å². The van der Waals surface area contributed by atoms with E-state index in [0.29, 0.717) is 5.13 Å². The van der Waals surface area contributed by atoms with Crippen molar-refractivity contribution in [3.63, 3.8) is 0 Å². The van der Waals surface area contributed by atoms with Gasteiger partial charge in [0.25, 0.3) is 0 Å². The summed E-state index contributed by atoms with van der Waals surface area (Å²) >= 11 is 1.61. The number of benzene rings is 1. The van der Waals surface area contributed by atoms with Gasteiger partial charge < -0.3 is 10.5 Å². The molecule has 0 amide bonds. The van der Waals surface area contributed by atoms with E-state index in [0.717, 1.165) is 18.2 Å². The van der Waals surface area contributed by atoms with Crippen molar-refractivity contribution in [3.8, 4) is 5.75 Å². The lowest BCUT2D eigenvalue weighted by molar-refractivity contribution is 0.173. The molecule has 1 saturated heterocycles. The van der Waals surface area contributed by atoms with E-state index in [1.165, 1.54) is 49.2 Å². The molecule has 1 aliphatic heterocycles. The van der Waals surface area contributed by atoms with Gasteiger partial charge in [-0.25, -0.2) is 4.98 Å². The fraction of sp³-hybridized carbons (Fsp3) is 0.500. The van der Waals surface area contributed by atoms with E-state index >= 15 is 0 Å². The lowest BCUT2D eigenvalue weighted by Gasteiger charge is -2.31. The summed E-state index contributed by atoms with van der Waals surface area (Å²) in [7, 11) is 1.71. The molecule has 132 valence electrons. The van der Waals surface area contributed by atoms with Crippen LogP contribution < -0.4 is 10.5 Å². The molecule has 2 heterocycles. The van der Waals surface area contributed by atoms with Crippen LogP contribution in [0.15, 0.2) is 30.5 Å². The minimum absolute atomic E-state index is 0. The molecule has 4 nitrogen and oxygen atoms in total. The number of piperidine rings is 1. The molecule has 2 N–H and O–H groups in total. The Morgan fingerprint density at radius 1 is 1.25 bits per heavy atom. The van der Waals surface area contributed by atoms with Crippen LogP contribution in [-0.4, -0.2) is 30.1 Å². The van der Waals surface area contributed by atoms with Gasteiger partial charge >= 0.3 is 0 Å². The molecule has 3 rings (SSSR count). The average molecular weight is 368 g/mol. The summed E-state index contributed by atoms with van der Waals surface area (Å²) in [6.45, 7) is 3.37. The number of ether oxygens (including phenoxy) is 1. The van der Waals surface area contributed by atoms with Crippen molar-refractivity contribution in [2.45, 2.75) is 32.2 Å². The van der Waals surface area contributed by atoms with Crippen LogP contribution in [0, 0.1) is 5.92 Å². The summed E-state index contributed by atoms with van der Waals surface area (Å²) < 4.78 is 5.21. The molecule has 0 radical (unpaired) electrons. The molecule has 1 aromatic heterocycles. The van der Waals surface area contributed by atoms with Gasteiger partial charge in [0, 0.05) is 17.6 Å². The first-order valence-electron chi connectivity index (χ1n) is 8.28. The van der Waals surface area contributed by atoms with E-state index in [2.05, 4.69) is 34.1 Å². The fourth-order valence-corrected chi connectivity index (χ4v) is 3.94. The molecular weight excluding hydrogens is 342 g/mol. The van der Waals surface area contributed by atoms with Crippen LogP contribution in [-0.2, 0) is 13.0 Å². The number of thiazole rings is 1. The minimum atomic E-state index is 0. The molecule has 24 heavy (non-hydrogen) atoms. The van der Waals surface area contributed by atoms with Crippen molar-refractivity contribution < 1.29 is 4.74 Å². The van der Waals surface area contributed by atoms with E-state index in [1.54, 1.807) is 18.4 Å². The van der Waals surface area contributed by atoms with E-state index in [1.807, 2.05) is 6.20 Å². The predicted molar refractivity (Wildman–Crippen MR) is 103 cm³/mol. The summed E-state index contributed by atoms with van der Waals surface area (Å²) in [6.07, 6.45) is 6.96. The Bertz CT molecular complexity index is 609. The largest absolute Gasteiger partial charge is 0.497 e. The zero-order valence-electron chi connectivity index (χ0n) is 14.1. The van der Waals surface area contributed by atoms with E-state index in [-0.39, 0.29) is 12.4 Å². The van der Waals surface area contributed by atoms with Gasteiger partial charge in [-0.2, -0.15) is 0 Å². The highest BCUT2D eigenvalue weighted by molar-refractivity contribution is 7.15. The molecule has 1 aromatic carbocycles. The van der Waals surface area contributed by atoms with Crippen LogP contribution >= 0.6 is 23.7 Å². The molecule has 0 saturated carbocycles. The summed E-state index contributed by atoms with van der Waals surface area (Å²) in [5, 5.41) is 0.675. The van der Waals surface area contributed by atoms with Crippen LogP contribution in [0.5, 0.6) is 5.75 Å². The Balaban J connectivity index is 0.00000208. The van der Waals surface area contributed by atoms with Gasteiger partial charge in [0.2, 0.25) is 0 Å². The normalized spacial score (nSPS) is 15.9. The Labute approximate surface area is 154 Å². The van der Waals surface area contributed by atoms with E-state index < -0.39 is 0 Å². The standard InChI is InChI=1S/C18H25N3OS.ClH/c1-22-16-6-4-14(5-7-16)2-3-15-8-10-21(11-9-15)13-17-12-20-18(19)23-17;/h4-7,12,15H,2-3,8-11,13H2,1H3,(H2,19,20);1H. The number of nitrogen functional groups attached to an aromatic ring is 1. The summed E-state index contributed by atoms with van der Waals surface area (Å²) in [4.78, 5) is 7.93. The van der Waals surface area contributed by atoms with Gasteiger partial charge in [-0.1, -0.05) is 12.1 Å². The first kappa shape index (κ1) is 19.0. The predicted octanol–water partition coefficient (Wildman–Crippen LogP) is 4.00. The van der Waals surface area contributed by atoms with Gasteiger partial charge in [0.1, 0.15) is 5.75 Å². The molecule has 6 heteroatoms. The molecule has 0 unspecified atom stereocenters. The number of nitrogens with two attached hydrogens (primary N) is 1. The lowest BCUT2D eigenvalue weighted by atomic mass is 9.90. The SMILES string of the molecule is COc1ccc(CCC2CCN(Cc3cnc(N)s3)CC2)cc1.Cl. The van der Waals surface area contributed by atoms with Crippen LogP contribution in [0.2, 0.25) is 0 Å². The van der Waals surface area contributed by atoms with E-state index in [9.17, 15) is 0 Å². The molecule has 0 spiro atoms. The number of hydrogen-bond acceptors (Lipinski definition) is 5. The van der Waals surface area contributed by atoms with Gasteiger partial charge in [-0.05, 0) is 62.4 Å². The quantitative estimate of drug-likeness (QED) is 0.838. The monoisotopic (exact) mass is 367 g/mol. The highest BCUT2D eigenvalue weighted by Crippen LogP contribution is 2.25. The second-order valence-electron chi connectivity index (χ2n) is 6.27. The van der Waals surface area contributed by atoms with Crippen LogP contribution in [0.3, 0.4) is 0 Å². The molecule has 0 bridgehead atoms. The van der Waals surface area contributed by atoms with Gasteiger partial charge in [0.15, 0.2) is 5.13 Å². The lowest BCUT2D eigenvalue weighted by Crippen LogP contribution is -2.33. The van der Waals surface area contributed by atoms with Crippen molar-refractivity contribution in [2.75, 3.05) is 25.9 Å². The van der Waals surface area contributed by atoms with Gasteiger partial charge in [-0.15, -0.1) is 23.7 Å². The van der Waals surface area contributed by atoms with Crippen molar-refractivity contribution >= 4 is 28.9 Å². The number of aryl methyl sites for hydroxylation is 1. The summed E-state index contributed by atoms with van der Waals surface area (Å²) in [5.74, 6) is 1.78. The smallest absolute Gasteiger partial charge is 0.180 e. The Kier molecular flexibility index (Phi) is 7.34. The van der Waals surface area contributed by atoms with E-state index in [4.69, 9.17) is 10.5 Å². The van der Waals surface area contributed by atoms with Crippen LogP contribution in [0.1, 0.15) is 29.7 Å². The number of nitrogens with zero attached hydrogens (tertiary/aromatic N) is 2. The van der Waals surface area contributed by atoms with Crippen molar-refractivity contribution in [3.05, 3.63) is 40.9 Å². The number of anilines is 1. The van der Waals surface area contributed by atoms with Crippen molar-refractivity contribution in [1.29, 1.82) is 0 Å². The first-order chi connectivity index (χ1) is 11.2. The number of methoxy groups -OCH3 is 1. The zero-order valence-corrected chi connectivity index (χ0v) is 15.7. The summed E-state index contributed by atoms with van der Waals surface area (Å²) in [5.41, 5.74) is 7.11. The maximum Gasteiger partial charge on any atom is 0.180 e. The molecule has 1 aliphatic rings. The topological polar surface area (TPSA) is 51.4 Å². The molecule has 0 aliphatic carbocycles. The van der Waals surface area contributed by atoms with Gasteiger partial charge in [-0.3, -0.25) is 4.90 Å². The third kappa shape index (κ3) is 5.36. The molecule has 0 atom stereocenters. The summed E-state index contributed by atoms with van der Waals surface area (Å²) in [6, 6.07) is 8.47. The molecular formula is C18H26ClN3OS. The Morgan fingerprint density at radius 2 is 1.96 bits per heavy atom. The average Bonchev–Trinajstić information content (AvgIpc) is 2.99. The first-order valence-corrected chi connectivity index (χ1v) is 9.10. The van der Waals surface area contributed by atoms with Gasteiger partial charge in [0.05, 0.1) is 7.11 Å².